The number of nitrogens with zero attached hydrogens (tertiary/aromatic N) is 2. The molecule has 142 valence electrons. The highest BCUT2D eigenvalue weighted by atomic mass is 35.5. The Morgan fingerprint density at radius 1 is 1.07 bits per heavy atom. The van der Waals surface area contributed by atoms with Crippen LogP contribution in [0.4, 0.5) is 16.2 Å². The lowest BCUT2D eigenvalue weighted by Gasteiger charge is -2.26. The third-order valence-electron chi connectivity index (χ3n) is 3.77. The monoisotopic (exact) mass is 421 g/mol. The largest absolute Gasteiger partial charge is 0.505 e. The molecule has 0 saturated carbocycles. The van der Waals surface area contributed by atoms with Crippen LogP contribution in [0.1, 0.15) is 5.56 Å². The van der Waals surface area contributed by atoms with Gasteiger partial charge in [0.05, 0.1) is 20.7 Å². The van der Waals surface area contributed by atoms with Crippen molar-refractivity contribution in [2.75, 3.05) is 4.90 Å². The maximum absolute atomic E-state index is 12.7. The maximum Gasteiger partial charge on any atom is 0.335 e. The summed E-state index contributed by atoms with van der Waals surface area (Å²) in [5.41, 5.74) is -0.345. The first-order valence-electron chi connectivity index (χ1n) is 7.53. The number of amides is 4. The maximum atomic E-state index is 12.7. The molecule has 4 amide bonds. The zero-order chi connectivity index (χ0) is 20.6. The third kappa shape index (κ3) is 3.53. The van der Waals surface area contributed by atoms with Crippen molar-refractivity contribution in [3.05, 3.63) is 67.7 Å². The second-order valence-corrected chi connectivity index (χ2v) is 6.38. The zero-order valence-electron chi connectivity index (χ0n) is 13.7. The molecule has 2 aromatic carbocycles. The average molecular weight is 422 g/mol. The second kappa shape index (κ2) is 7.29. The van der Waals surface area contributed by atoms with Crippen molar-refractivity contribution in [3.63, 3.8) is 0 Å². The second-order valence-electron chi connectivity index (χ2n) is 5.56. The van der Waals surface area contributed by atoms with Gasteiger partial charge in [0, 0.05) is 12.1 Å². The van der Waals surface area contributed by atoms with Gasteiger partial charge in [0.1, 0.15) is 5.57 Å². The number of carbonyl (C=O) groups excluding carboxylic acids is 3. The number of imide groups is 2. The summed E-state index contributed by atoms with van der Waals surface area (Å²) in [5.74, 6) is -2.23. The standard InChI is InChI=1S/C17H9Cl2N3O6/c18-12-6-8(7-13(19)14(12)23)5-11-15(24)20-17(26)21(16(11)25)9-1-3-10(4-2-9)22(27)28/h1-7,23H,(H,20,24,26)/b11-5+. The smallest absolute Gasteiger partial charge is 0.335 e. The van der Waals surface area contributed by atoms with Crippen molar-refractivity contribution in [2.24, 2.45) is 0 Å². The Hall–Kier alpha value is -3.43. The number of aromatic hydroxyl groups is 1. The summed E-state index contributed by atoms with van der Waals surface area (Å²) in [6.07, 6.45) is 1.15. The van der Waals surface area contributed by atoms with E-state index in [9.17, 15) is 29.6 Å². The summed E-state index contributed by atoms with van der Waals surface area (Å²) in [7, 11) is 0. The highest BCUT2D eigenvalue weighted by molar-refractivity contribution is 6.40. The van der Waals surface area contributed by atoms with Crippen molar-refractivity contribution in [3.8, 4) is 5.75 Å². The molecular weight excluding hydrogens is 413 g/mol. The van der Waals surface area contributed by atoms with E-state index in [1.807, 2.05) is 5.32 Å². The number of halogens is 2. The Morgan fingerprint density at radius 3 is 2.18 bits per heavy atom. The summed E-state index contributed by atoms with van der Waals surface area (Å²) in [5, 5.41) is 22.2. The Balaban J connectivity index is 2.01. The fraction of sp³-hybridized carbons (Fsp3) is 0. The van der Waals surface area contributed by atoms with Crippen LogP contribution >= 0.6 is 23.2 Å². The van der Waals surface area contributed by atoms with Gasteiger partial charge in [-0.15, -0.1) is 0 Å². The number of non-ortho nitro benzene ring substituents is 1. The minimum Gasteiger partial charge on any atom is -0.505 e. The molecule has 1 aliphatic rings. The van der Waals surface area contributed by atoms with Crippen LogP contribution in [0.15, 0.2) is 42.0 Å². The normalized spacial score (nSPS) is 15.7. The highest BCUT2D eigenvalue weighted by Crippen LogP contribution is 2.34. The number of nitro benzene ring substituents is 1. The minimum atomic E-state index is -0.997. The van der Waals surface area contributed by atoms with Crippen LogP contribution in [-0.2, 0) is 9.59 Å². The van der Waals surface area contributed by atoms with Gasteiger partial charge in [0.15, 0.2) is 5.75 Å². The van der Waals surface area contributed by atoms with Gasteiger partial charge in [-0.05, 0) is 35.9 Å². The molecule has 28 heavy (non-hydrogen) atoms. The third-order valence-corrected chi connectivity index (χ3v) is 4.35. The molecule has 1 saturated heterocycles. The Morgan fingerprint density at radius 2 is 1.64 bits per heavy atom. The molecule has 1 aliphatic heterocycles. The first-order chi connectivity index (χ1) is 13.2. The molecule has 0 aromatic heterocycles. The molecule has 0 bridgehead atoms. The number of barbiturate groups is 1. The Bertz CT molecular complexity index is 1040. The lowest BCUT2D eigenvalue weighted by Crippen LogP contribution is -2.54. The number of hydrogen-bond acceptors (Lipinski definition) is 6. The van der Waals surface area contributed by atoms with Gasteiger partial charge in [0.2, 0.25) is 0 Å². The topological polar surface area (TPSA) is 130 Å². The summed E-state index contributed by atoms with van der Waals surface area (Å²) >= 11 is 11.7. The van der Waals surface area contributed by atoms with Crippen LogP contribution < -0.4 is 10.2 Å². The molecule has 0 spiro atoms. The Labute approximate surface area is 166 Å². The van der Waals surface area contributed by atoms with E-state index in [1.54, 1.807) is 0 Å². The van der Waals surface area contributed by atoms with Crippen molar-refractivity contribution in [1.82, 2.24) is 5.32 Å². The van der Waals surface area contributed by atoms with Gasteiger partial charge in [-0.25, -0.2) is 9.69 Å². The van der Waals surface area contributed by atoms with E-state index < -0.39 is 28.3 Å². The zero-order valence-corrected chi connectivity index (χ0v) is 15.2. The summed E-state index contributed by atoms with van der Waals surface area (Å²) in [4.78, 5) is 47.8. The number of nitro groups is 1. The number of rotatable bonds is 3. The van der Waals surface area contributed by atoms with E-state index in [0.717, 1.165) is 18.2 Å². The van der Waals surface area contributed by atoms with Gasteiger partial charge >= 0.3 is 6.03 Å². The first kappa shape index (κ1) is 19.3. The quantitative estimate of drug-likeness (QED) is 0.338. The van der Waals surface area contributed by atoms with Crippen molar-refractivity contribution in [1.29, 1.82) is 0 Å². The number of benzene rings is 2. The van der Waals surface area contributed by atoms with E-state index in [1.165, 1.54) is 24.3 Å². The number of anilines is 1. The molecule has 11 heteroatoms. The lowest BCUT2D eigenvalue weighted by atomic mass is 10.1. The molecule has 3 rings (SSSR count). The highest BCUT2D eigenvalue weighted by Gasteiger charge is 2.37. The van der Waals surface area contributed by atoms with E-state index in [2.05, 4.69) is 0 Å². The van der Waals surface area contributed by atoms with Crippen LogP contribution in [0, 0.1) is 10.1 Å². The van der Waals surface area contributed by atoms with Gasteiger partial charge in [0.25, 0.3) is 17.5 Å². The van der Waals surface area contributed by atoms with Gasteiger partial charge in [-0.2, -0.15) is 0 Å². The summed E-state index contributed by atoms with van der Waals surface area (Å²) < 4.78 is 0. The molecule has 0 radical (unpaired) electrons. The lowest BCUT2D eigenvalue weighted by molar-refractivity contribution is -0.384. The molecule has 0 unspecified atom stereocenters. The molecule has 1 heterocycles. The van der Waals surface area contributed by atoms with Crippen LogP contribution in [0.25, 0.3) is 6.08 Å². The first-order valence-corrected chi connectivity index (χ1v) is 8.28. The van der Waals surface area contributed by atoms with Crippen LogP contribution in [0.2, 0.25) is 10.0 Å². The number of phenolic OH excluding ortho intramolecular Hbond substituents is 1. The minimum absolute atomic E-state index is 0.0354. The average Bonchev–Trinajstić information content (AvgIpc) is 2.63. The van der Waals surface area contributed by atoms with E-state index >= 15 is 0 Å². The van der Waals surface area contributed by atoms with E-state index in [-0.39, 0.29) is 32.7 Å². The van der Waals surface area contributed by atoms with Crippen molar-refractivity contribution < 1.29 is 24.4 Å². The SMILES string of the molecule is O=C1NC(=O)N(c2ccc([N+](=O)[O-])cc2)C(=O)/C1=C/c1cc(Cl)c(O)c(Cl)c1. The van der Waals surface area contributed by atoms with Gasteiger partial charge < -0.3 is 5.11 Å². The molecular formula is C17H9Cl2N3O6. The molecule has 1 fully saturated rings. The van der Waals surface area contributed by atoms with Crippen LogP contribution in [-0.4, -0.2) is 27.9 Å². The molecule has 2 N–H and O–H groups in total. The van der Waals surface area contributed by atoms with Crippen LogP contribution in [0.5, 0.6) is 5.75 Å². The van der Waals surface area contributed by atoms with Crippen LogP contribution in [0.3, 0.4) is 0 Å². The van der Waals surface area contributed by atoms with Crippen molar-refractivity contribution >= 4 is 58.5 Å². The fourth-order valence-corrected chi connectivity index (χ4v) is 2.95. The number of phenols is 1. The van der Waals surface area contributed by atoms with Crippen molar-refractivity contribution in [2.45, 2.75) is 0 Å². The number of hydrogen-bond donors (Lipinski definition) is 2. The number of carbonyl (C=O) groups is 3. The molecule has 9 nitrogen and oxygen atoms in total. The predicted octanol–water partition coefficient (Wildman–Crippen LogP) is 3.27. The number of nitrogens with one attached hydrogen (secondary N) is 1. The van der Waals surface area contributed by atoms with Gasteiger partial charge in [-0.3, -0.25) is 25.0 Å². The molecule has 0 aliphatic carbocycles. The van der Waals surface area contributed by atoms with E-state index in [4.69, 9.17) is 23.2 Å². The molecule has 0 atom stereocenters. The van der Waals surface area contributed by atoms with E-state index in [0.29, 0.717) is 4.90 Å². The molecule has 2 aromatic rings. The van der Waals surface area contributed by atoms with Gasteiger partial charge in [-0.1, -0.05) is 23.2 Å². The number of urea groups is 1. The predicted molar refractivity (Wildman–Crippen MR) is 100 cm³/mol. The summed E-state index contributed by atoms with van der Waals surface area (Å²) in [6.45, 7) is 0. The summed E-state index contributed by atoms with van der Waals surface area (Å²) in [6, 6.07) is 6.22. The Kier molecular flexibility index (Phi) is 5.04. The fourth-order valence-electron chi connectivity index (χ4n) is 2.45.